The number of likely N-dealkylation sites (tertiary alicyclic amines) is 1. The Labute approximate surface area is 199 Å². The van der Waals surface area contributed by atoms with Crippen molar-refractivity contribution in [2.75, 3.05) is 52.5 Å². The molecule has 4 aliphatic rings. The number of ether oxygens (including phenoxy) is 2. The number of H-pyrrole nitrogens is 1. The van der Waals surface area contributed by atoms with Crippen molar-refractivity contribution >= 4 is 22.7 Å². The number of rotatable bonds is 8. The maximum atomic E-state index is 13.5. The monoisotopic (exact) mass is 464 g/mol. The van der Waals surface area contributed by atoms with Crippen molar-refractivity contribution in [1.82, 2.24) is 20.1 Å². The van der Waals surface area contributed by atoms with E-state index in [1.807, 2.05) is 35.4 Å². The molecule has 6 rings (SSSR count). The molecule has 3 saturated heterocycles. The van der Waals surface area contributed by atoms with Crippen LogP contribution < -0.4 is 5.32 Å². The Kier molecular flexibility index (Phi) is 5.67. The fourth-order valence-electron chi connectivity index (χ4n) is 6.12. The van der Waals surface area contributed by atoms with E-state index in [2.05, 4.69) is 27.3 Å². The molecule has 180 valence electrons. The predicted octanol–water partition coefficient (Wildman–Crippen LogP) is 1.33. The number of aromatic amines is 1. The Morgan fingerprint density at radius 3 is 2.94 bits per heavy atom. The van der Waals surface area contributed by atoms with Gasteiger partial charge in [-0.1, -0.05) is 30.4 Å². The Hall–Kier alpha value is -2.68. The molecule has 4 atom stereocenters. The van der Waals surface area contributed by atoms with Gasteiger partial charge in [0, 0.05) is 43.3 Å². The molecule has 2 N–H and O–H groups in total. The fourth-order valence-corrected chi connectivity index (χ4v) is 6.12. The second kappa shape index (κ2) is 8.83. The molecule has 2 aromatic rings. The van der Waals surface area contributed by atoms with E-state index in [9.17, 15) is 9.59 Å². The number of hydrogen-bond acceptors (Lipinski definition) is 5. The molecule has 0 aliphatic carbocycles. The summed E-state index contributed by atoms with van der Waals surface area (Å²) in [7, 11) is 0. The van der Waals surface area contributed by atoms with E-state index < -0.39 is 17.4 Å². The van der Waals surface area contributed by atoms with Gasteiger partial charge >= 0.3 is 0 Å². The van der Waals surface area contributed by atoms with Crippen LogP contribution in [-0.2, 0) is 25.5 Å². The highest BCUT2D eigenvalue weighted by atomic mass is 16.5. The SMILES string of the molecule is O=C(NCCCN1CCOCC1)C1C2C=CC3(CN(CCc4c[nH]c5ccccc45)C(=O)C13)O2. The van der Waals surface area contributed by atoms with Crippen molar-refractivity contribution in [2.45, 2.75) is 24.5 Å². The lowest BCUT2D eigenvalue weighted by Gasteiger charge is -2.27. The first kappa shape index (κ1) is 21.8. The third kappa shape index (κ3) is 3.74. The molecule has 0 radical (unpaired) electrons. The van der Waals surface area contributed by atoms with Crippen LogP contribution in [0.25, 0.3) is 10.9 Å². The summed E-state index contributed by atoms with van der Waals surface area (Å²) in [6, 6.07) is 8.21. The van der Waals surface area contributed by atoms with E-state index in [0.29, 0.717) is 19.6 Å². The van der Waals surface area contributed by atoms with Gasteiger partial charge in [0.05, 0.1) is 37.7 Å². The zero-order valence-corrected chi connectivity index (χ0v) is 19.4. The Balaban J connectivity index is 1.07. The highest BCUT2D eigenvalue weighted by Gasteiger charge is 2.66. The Bertz CT molecular complexity index is 1110. The summed E-state index contributed by atoms with van der Waals surface area (Å²) in [4.78, 5) is 34.1. The molecule has 8 nitrogen and oxygen atoms in total. The lowest BCUT2D eigenvalue weighted by molar-refractivity contribution is -0.137. The number of amides is 2. The average Bonchev–Trinajstić information content (AvgIpc) is 3.61. The van der Waals surface area contributed by atoms with Gasteiger partial charge in [-0.2, -0.15) is 0 Å². The first-order valence-electron chi connectivity index (χ1n) is 12.4. The number of hydrogen-bond donors (Lipinski definition) is 2. The van der Waals surface area contributed by atoms with Crippen molar-refractivity contribution in [3.63, 3.8) is 0 Å². The van der Waals surface area contributed by atoms with E-state index in [1.165, 1.54) is 10.9 Å². The van der Waals surface area contributed by atoms with E-state index in [-0.39, 0.29) is 17.9 Å². The third-order valence-electron chi connectivity index (χ3n) is 7.86. The zero-order valence-electron chi connectivity index (χ0n) is 19.4. The van der Waals surface area contributed by atoms with Gasteiger partial charge in [0.25, 0.3) is 0 Å². The summed E-state index contributed by atoms with van der Waals surface area (Å²) in [5.74, 6) is -0.890. The normalized spacial score (nSPS) is 30.4. The van der Waals surface area contributed by atoms with Gasteiger partial charge in [-0.25, -0.2) is 0 Å². The number of para-hydroxylation sites is 1. The lowest BCUT2D eigenvalue weighted by atomic mass is 9.77. The van der Waals surface area contributed by atoms with Gasteiger partial charge < -0.3 is 24.7 Å². The van der Waals surface area contributed by atoms with Crippen LogP contribution in [0.3, 0.4) is 0 Å². The molecule has 1 aromatic carbocycles. The van der Waals surface area contributed by atoms with Crippen molar-refractivity contribution in [3.8, 4) is 0 Å². The predicted molar refractivity (Wildman–Crippen MR) is 127 cm³/mol. The number of carbonyl (C=O) groups is 2. The lowest BCUT2D eigenvalue weighted by Crippen LogP contribution is -2.45. The maximum absolute atomic E-state index is 13.5. The van der Waals surface area contributed by atoms with Crippen LogP contribution in [0.15, 0.2) is 42.6 Å². The summed E-state index contributed by atoms with van der Waals surface area (Å²) < 4.78 is 11.7. The van der Waals surface area contributed by atoms with Crippen LogP contribution in [0.5, 0.6) is 0 Å². The maximum Gasteiger partial charge on any atom is 0.230 e. The number of fused-ring (bicyclic) bond motifs is 2. The summed E-state index contributed by atoms with van der Waals surface area (Å²) >= 11 is 0. The molecule has 5 heterocycles. The first-order chi connectivity index (χ1) is 16.6. The van der Waals surface area contributed by atoms with Gasteiger partial charge in [-0.05, 0) is 31.0 Å². The molecule has 4 aliphatic heterocycles. The molecule has 34 heavy (non-hydrogen) atoms. The summed E-state index contributed by atoms with van der Waals surface area (Å²) in [6.07, 6.45) is 7.38. The Morgan fingerprint density at radius 2 is 2.06 bits per heavy atom. The molecule has 4 unspecified atom stereocenters. The van der Waals surface area contributed by atoms with Gasteiger partial charge in [0.1, 0.15) is 5.60 Å². The molecule has 0 saturated carbocycles. The van der Waals surface area contributed by atoms with Crippen molar-refractivity contribution < 1.29 is 19.1 Å². The standard InChI is InChI=1S/C26H32N4O4/c31-24(27-9-3-10-29-12-14-33-15-13-29)22-21-6-8-26(34-21)17-30(25(32)23(22)26)11-7-18-16-28-20-5-2-1-4-19(18)20/h1-2,4-6,8,16,21-23,28H,3,7,9-15,17H2,(H,27,31). The summed E-state index contributed by atoms with van der Waals surface area (Å²) in [6.45, 7) is 6.16. The second-order valence-corrected chi connectivity index (χ2v) is 9.87. The van der Waals surface area contributed by atoms with Crippen LogP contribution >= 0.6 is 0 Å². The molecule has 2 bridgehead atoms. The van der Waals surface area contributed by atoms with E-state index in [1.54, 1.807) is 0 Å². The minimum Gasteiger partial charge on any atom is -0.379 e. The van der Waals surface area contributed by atoms with Gasteiger partial charge in [-0.3, -0.25) is 14.5 Å². The first-order valence-corrected chi connectivity index (χ1v) is 12.4. The number of morpholine rings is 1. The highest BCUT2D eigenvalue weighted by molar-refractivity contribution is 5.93. The highest BCUT2D eigenvalue weighted by Crippen LogP contribution is 2.51. The van der Waals surface area contributed by atoms with E-state index in [4.69, 9.17) is 9.47 Å². The molecular weight excluding hydrogens is 432 g/mol. The van der Waals surface area contributed by atoms with Crippen molar-refractivity contribution in [1.29, 1.82) is 0 Å². The molecule has 2 amide bonds. The number of nitrogens with zero attached hydrogens (tertiary/aromatic N) is 2. The minimum absolute atomic E-state index is 0.0418. The number of nitrogens with one attached hydrogen (secondary N) is 2. The van der Waals surface area contributed by atoms with Crippen LogP contribution in [0, 0.1) is 11.8 Å². The number of aromatic nitrogens is 1. The van der Waals surface area contributed by atoms with Gasteiger partial charge in [0.15, 0.2) is 0 Å². The molecule has 3 fully saturated rings. The van der Waals surface area contributed by atoms with Crippen LogP contribution in [0.1, 0.15) is 12.0 Å². The topological polar surface area (TPSA) is 86.9 Å². The van der Waals surface area contributed by atoms with Crippen LogP contribution in [0.2, 0.25) is 0 Å². The van der Waals surface area contributed by atoms with E-state index in [0.717, 1.165) is 51.2 Å². The van der Waals surface area contributed by atoms with Crippen molar-refractivity contribution in [3.05, 3.63) is 48.2 Å². The third-order valence-corrected chi connectivity index (χ3v) is 7.86. The Morgan fingerprint density at radius 1 is 1.21 bits per heavy atom. The quantitative estimate of drug-likeness (QED) is 0.455. The summed E-state index contributed by atoms with van der Waals surface area (Å²) in [5.41, 5.74) is 1.65. The van der Waals surface area contributed by atoms with Gasteiger partial charge in [0.2, 0.25) is 11.8 Å². The molecular formula is C26H32N4O4. The van der Waals surface area contributed by atoms with Crippen LogP contribution in [0.4, 0.5) is 0 Å². The zero-order chi connectivity index (χ0) is 23.1. The summed E-state index contributed by atoms with van der Waals surface area (Å²) in [5, 5.41) is 4.28. The number of carbonyl (C=O) groups excluding carboxylic acids is 2. The number of benzene rings is 1. The fraction of sp³-hybridized carbons (Fsp3) is 0.538. The van der Waals surface area contributed by atoms with E-state index >= 15 is 0 Å². The largest absolute Gasteiger partial charge is 0.379 e. The second-order valence-electron chi connectivity index (χ2n) is 9.87. The average molecular weight is 465 g/mol. The minimum atomic E-state index is -0.655. The molecule has 1 aromatic heterocycles. The van der Waals surface area contributed by atoms with Gasteiger partial charge in [-0.15, -0.1) is 0 Å². The van der Waals surface area contributed by atoms with Crippen molar-refractivity contribution in [2.24, 2.45) is 11.8 Å². The molecule has 1 spiro atoms. The van der Waals surface area contributed by atoms with Crippen LogP contribution in [-0.4, -0.2) is 90.8 Å². The molecule has 8 heteroatoms. The smallest absolute Gasteiger partial charge is 0.230 e.